The Morgan fingerprint density at radius 3 is 2.27 bits per heavy atom. The Balaban J connectivity index is 1.89. The van der Waals surface area contributed by atoms with Crippen LogP contribution in [0.2, 0.25) is 0 Å². The van der Waals surface area contributed by atoms with Gasteiger partial charge in [-0.25, -0.2) is 8.42 Å². The van der Waals surface area contributed by atoms with Gasteiger partial charge in [-0.3, -0.25) is 9.69 Å². The number of hydrogen-bond acceptors (Lipinski definition) is 4. The van der Waals surface area contributed by atoms with E-state index in [1.54, 1.807) is 0 Å². The topological polar surface area (TPSA) is 74.7 Å². The first-order valence-corrected chi connectivity index (χ1v) is 10.4. The molecule has 128 valence electrons. The van der Waals surface area contributed by atoms with Crippen molar-refractivity contribution < 1.29 is 18.3 Å². The van der Waals surface area contributed by atoms with E-state index in [4.69, 9.17) is 5.11 Å². The van der Waals surface area contributed by atoms with Crippen molar-refractivity contribution in [1.29, 1.82) is 0 Å². The third-order valence-electron chi connectivity index (χ3n) is 5.22. The molecule has 0 amide bonds. The van der Waals surface area contributed by atoms with Crippen molar-refractivity contribution in [1.82, 2.24) is 4.90 Å². The maximum Gasteiger partial charge on any atom is 0.317 e. The summed E-state index contributed by atoms with van der Waals surface area (Å²) in [5, 5.41) is 9.12. The second kappa shape index (κ2) is 7.77. The average molecular weight is 331 g/mol. The van der Waals surface area contributed by atoms with Gasteiger partial charge in [0.1, 0.15) is 0 Å². The Bertz CT molecular complexity index is 469. The highest BCUT2D eigenvalue weighted by Gasteiger charge is 2.34. The zero-order valence-corrected chi connectivity index (χ0v) is 14.4. The van der Waals surface area contributed by atoms with Gasteiger partial charge < -0.3 is 5.11 Å². The minimum Gasteiger partial charge on any atom is -0.480 e. The summed E-state index contributed by atoms with van der Waals surface area (Å²) in [6.07, 6.45) is 7.90. The summed E-state index contributed by atoms with van der Waals surface area (Å²) in [6.45, 7) is 2.93. The van der Waals surface area contributed by atoms with Gasteiger partial charge in [0.15, 0.2) is 9.84 Å². The Kier molecular flexibility index (Phi) is 6.26. The van der Waals surface area contributed by atoms with Crippen LogP contribution in [0, 0.1) is 11.8 Å². The number of carboxylic acids is 1. The van der Waals surface area contributed by atoms with Gasteiger partial charge in [-0.2, -0.15) is 0 Å². The lowest BCUT2D eigenvalue weighted by molar-refractivity contribution is -0.139. The summed E-state index contributed by atoms with van der Waals surface area (Å²) in [6, 6.07) is -0.102. The van der Waals surface area contributed by atoms with E-state index in [1.807, 2.05) is 4.90 Å². The van der Waals surface area contributed by atoms with Crippen molar-refractivity contribution >= 4 is 15.8 Å². The molecule has 0 aromatic carbocycles. The minimum atomic E-state index is -2.97. The molecule has 1 aliphatic carbocycles. The Morgan fingerprint density at radius 2 is 1.77 bits per heavy atom. The summed E-state index contributed by atoms with van der Waals surface area (Å²) in [5.41, 5.74) is 0. The molecule has 1 saturated heterocycles. The largest absolute Gasteiger partial charge is 0.480 e. The Morgan fingerprint density at radius 1 is 1.14 bits per heavy atom. The highest BCUT2D eigenvalue weighted by atomic mass is 32.2. The van der Waals surface area contributed by atoms with Crippen molar-refractivity contribution in [3.8, 4) is 0 Å². The van der Waals surface area contributed by atoms with Crippen LogP contribution in [-0.2, 0) is 14.6 Å². The van der Waals surface area contributed by atoms with Crippen LogP contribution in [0.25, 0.3) is 0 Å². The molecule has 1 unspecified atom stereocenters. The molecule has 6 heteroatoms. The van der Waals surface area contributed by atoms with E-state index in [2.05, 4.69) is 6.92 Å². The molecule has 2 fully saturated rings. The lowest BCUT2D eigenvalue weighted by Gasteiger charge is -2.34. The van der Waals surface area contributed by atoms with Gasteiger partial charge in [-0.15, -0.1) is 0 Å². The van der Waals surface area contributed by atoms with E-state index in [-0.39, 0.29) is 24.1 Å². The number of aliphatic carboxylic acids is 1. The van der Waals surface area contributed by atoms with Crippen LogP contribution < -0.4 is 0 Å². The highest BCUT2D eigenvalue weighted by molar-refractivity contribution is 7.91. The quantitative estimate of drug-likeness (QED) is 0.774. The van der Waals surface area contributed by atoms with E-state index >= 15 is 0 Å². The van der Waals surface area contributed by atoms with Crippen LogP contribution in [0.5, 0.6) is 0 Å². The van der Waals surface area contributed by atoms with Crippen molar-refractivity contribution in [2.75, 3.05) is 24.6 Å². The summed E-state index contributed by atoms with van der Waals surface area (Å²) in [4.78, 5) is 13.0. The number of hydrogen-bond donors (Lipinski definition) is 1. The molecule has 1 heterocycles. The van der Waals surface area contributed by atoms with E-state index in [1.165, 1.54) is 25.7 Å². The molecule has 0 aromatic heterocycles. The number of rotatable bonds is 7. The molecule has 0 radical (unpaired) electrons. The highest BCUT2D eigenvalue weighted by Crippen LogP contribution is 2.32. The van der Waals surface area contributed by atoms with Crippen molar-refractivity contribution in [3.05, 3.63) is 0 Å². The van der Waals surface area contributed by atoms with E-state index in [0.29, 0.717) is 12.3 Å². The summed E-state index contributed by atoms with van der Waals surface area (Å²) >= 11 is 0. The summed E-state index contributed by atoms with van der Waals surface area (Å²) in [5.74, 6) is 0.837. The van der Waals surface area contributed by atoms with Crippen LogP contribution in [-0.4, -0.2) is 55.0 Å². The number of carboxylic acid groups (broad SMARTS) is 1. The molecule has 1 aliphatic heterocycles. The standard InChI is InChI=1S/C16H29NO4S/c1-2-3-13-4-6-14(7-5-13)10-17(11-16(18)19)15-8-9-22(20,21)12-15/h13-15H,2-12H2,1H3,(H,18,19). The minimum absolute atomic E-state index is 0.0327. The first-order chi connectivity index (χ1) is 10.4. The smallest absolute Gasteiger partial charge is 0.317 e. The predicted octanol–water partition coefficient (Wildman–Crippen LogP) is 2.17. The summed E-state index contributed by atoms with van der Waals surface area (Å²) < 4.78 is 23.3. The maximum atomic E-state index is 11.7. The lowest BCUT2D eigenvalue weighted by Crippen LogP contribution is -2.43. The fraction of sp³-hybridized carbons (Fsp3) is 0.938. The van der Waals surface area contributed by atoms with Gasteiger partial charge in [0.2, 0.25) is 0 Å². The van der Waals surface area contributed by atoms with Crippen LogP contribution >= 0.6 is 0 Å². The fourth-order valence-corrected chi connectivity index (χ4v) is 5.78. The zero-order chi connectivity index (χ0) is 16.2. The van der Waals surface area contributed by atoms with Gasteiger partial charge in [-0.1, -0.05) is 32.6 Å². The van der Waals surface area contributed by atoms with E-state index < -0.39 is 15.8 Å². The van der Waals surface area contributed by atoms with Crippen molar-refractivity contribution in [2.24, 2.45) is 11.8 Å². The number of sulfone groups is 1. The normalized spacial score (nSPS) is 31.5. The lowest BCUT2D eigenvalue weighted by atomic mass is 9.80. The first-order valence-electron chi connectivity index (χ1n) is 8.56. The molecule has 1 N–H and O–H groups in total. The van der Waals surface area contributed by atoms with Crippen LogP contribution in [0.1, 0.15) is 51.9 Å². The monoisotopic (exact) mass is 331 g/mol. The number of carbonyl (C=O) groups is 1. The molecule has 0 spiro atoms. The third-order valence-corrected chi connectivity index (χ3v) is 6.97. The van der Waals surface area contributed by atoms with Crippen molar-refractivity contribution in [3.63, 3.8) is 0 Å². The van der Waals surface area contributed by atoms with Gasteiger partial charge in [-0.05, 0) is 31.1 Å². The molecule has 2 rings (SSSR count). The second-order valence-corrected chi connectivity index (χ2v) is 9.28. The maximum absolute atomic E-state index is 11.7. The Hall–Kier alpha value is -0.620. The fourth-order valence-electron chi connectivity index (χ4n) is 4.02. The molecule has 0 bridgehead atoms. The molecule has 1 atom stereocenters. The van der Waals surface area contributed by atoms with Gasteiger partial charge >= 0.3 is 5.97 Å². The predicted molar refractivity (Wildman–Crippen MR) is 86.6 cm³/mol. The van der Waals surface area contributed by atoms with Crippen LogP contribution in [0.15, 0.2) is 0 Å². The molecule has 22 heavy (non-hydrogen) atoms. The SMILES string of the molecule is CCCC1CCC(CN(CC(=O)O)C2CCS(=O)(=O)C2)CC1. The van der Waals surface area contributed by atoms with Crippen molar-refractivity contribution in [2.45, 2.75) is 57.9 Å². The van der Waals surface area contributed by atoms with Gasteiger partial charge in [0.05, 0.1) is 18.1 Å². The summed E-state index contributed by atoms with van der Waals surface area (Å²) in [7, 11) is -2.97. The van der Waals surface area contributed by atoms with Crippen LogP contribution in [0.3, 0.4) is 0 Å². The molecule has 2 aliphatic rings. The molecule has 0 aromatic rings. The van der Waals surface area contributed by atoms with Gasteiger partial charge in [0.25, 0.3) is 0 Å². The zero-order valence-electron chi connectivity index (χ0n) is 13.5. The number of nitrogens with zero attached hydrogens (tertiary/aromatic N) is 1. The molecule has 1 saturated carbocycles. The van der Waals surface area contributed by atoms with Gasteiger partial charge in [0, 0.05) is 12.6 Å². The molecule has 5 nitrogen and oxygen atoms in total. The first kappa shape index (κ1) is 17.7. The van der Waals surface area contributed by atoms with E-state index in [9.17, 15) is 13.2 Å². The van der Waals surface area contributed by atoms with E-state index in [0.717, 1.165) is 25.3 Å². The third kappa shape index (κ3) is 5.23. The Labute approximate surface area is 134 Å². The average Bonchev–Trinajstić information content (AvgIpc) is 2.80. The molecular weight excluding hydrogens is 302 g/mol. The molecular formula is C16H29NO4S. The second-order valence-electron chi connectivity index (χ2n) is 7.06. The van der Waals surface area contributed by atoms with Crippen LogP contribution in [0.4, 0.5) is 0 Å².